The number of nitrogens with one attached hydrogen (secondary N) is 1. The summed E-state index contributed by atoms with van der Waals surface area (Å²) in [7, 11) is 0. The second-order valence-electron chi connectivity index (χ2n) is 8.92. The Balaban J connectivity index is 1.52. The van der Waals surface area contributed by atoms with Crippen LogP contribution in [0.5, 0.6) is 0 Å². The first-order valence-corrected chi connectivity index (χ1v) is 11.8. The molecule has 1 N–H and O–H groups in total. The second-order valence-corrected chi connectivity index (χ2v) is 9.33. The SMILES string of the molecule is Cc1ccc(-c2nc(C)c(C(C)C)c(N3CCN(C(=O)Nc4ccc(F)c(Cl)c4)CC3)n2)cc1. The van der Waals surface area contributed by atoms with Gasteiger partial charge >= 0.3 is 6.03 Å². The van der Waals surface area contributed by atoms with Crippen LogP contribution in [0.3, 0.4) is 0 Å². The van der Waals surface area contributed by atoms with Crippen molar-refractivity contribution < 1.29 is 9.18 Å². The highest BCUT2D eigenvalue weighted by Gasteiger charge is 2.26. The highest BCUT2D eigenvalue weighted by molar-refractivity contribution is 6.31. The molecule has 4 rings (SSSR count). The number of urea groups is 1. The molecule has 2 amide bonds. The number of benzene rings is 2. The molecule has 0 saturated carbocycles. The number of anilines is 2. The van der Waals surface area contributed by atoms with E-state index in [1.807, 2.05) is 19.1 Å². The summed E-state index contributed by atoms with van der Waals surface area (Å²) in [5.74, 6) is 1.40. The average molecular weight is 482 g/mol. The molecule has 1 aliphatic heterocycles. The number of hydrogen-bond donors (Lipinski definition) is 1. The standard InChI is InChI=1S/C26H29ClFN5O/c1-16(2)23-18(4)29-24(19-7-5-17(3)6-8-19)31-25(23)32-11-13-33(14-12-32)26(34)30-20-9-10-22(28)21(27)15-20/h5-10,15-16H,11-14H2,1-4H3,(H,30,34). The van der Waals surface area contributed by atoms with Gasteiger partial charge in [-0.15, -0.1) is 0 Å². The van der Waals surface area contributed by atoms with Gasteiger partial charge in [0, 0.05) is 48.7 Å². The van der Waals surface area contributed by atoms with E-state index in [0.717, 1.165) is 22.6 Å². The number of amides is 2. The molecule has 1 aromatic heterocycles. The molecule has 0 radical (unpaired) electrons. The fourth-order valence-electron chi connectivity index (χ4n) is 4.21. The van der Waals surface area contributed by atoms with Crippen molar-refractivity contribution in [3.05, 3.63) is 70.1 Å². The zero-order valence-electron chi connectivity index (χ0n) is 19.9. The molecular formula is C26H29ClFN5O. The minimum atomic E-state index is -0.514. The number of hydrogen-bond acceptors (Lipinski definition) is 4. The molecule has 2 heterocycles. The van der Waals surface area contributed by atoms with Crippen molar-refractivity contribution in [2.75, 3.05) is 36.4 Å². The van der Waals surface area contributed by atoms with Crippen molar-refractivity contribution in [1.29, 1.82) is 0 Å². The fourth-order valence-corrected chi connectivity index (χ4v) is 4.39. The Labute approximate surface area is 204 Å². The lowest BCUT2D eigenvalue weighted by Gasteiger charge is -2.37. The van der Waals surface area contributed by atoms with Crippen LogP contribution in [-0.4, -0.2) is 47.1 Å². The van der Waals surface area contributed by atoms with Gasteiger partial charge < -0.3 is 15.1 Å². The van der Waals surface area contributed by atoms with Crippen molar-refractivity contribution in [3.8, 4) is 11.4 Å². The van der Waals surface area contributed by atoms with Crippen molar-refractivity contribution in [2.45, 2.75) is 33.6 Å². The van der Waals surface area contributed by atoms with E-state index in [4.69, 9.17) is 21.6 Å². The Hall–Kier alpha value is -3.19. The largest absolute Gasteiger partial charge is 0.353 e. The topological polar surface area (TPSA) is 61.4 Å². The van der Waals surface area contributed by atoms with Crippen LogP contribution >= 0.6 is 11.6 Å². The van der Waals surface area contributed by atoms with Crippen LogP contribution in [-0.2, 0) is 0 Å². The zero-order valence-corrected chi connectivity index (χ0v) is 20.7. The van der Waals surface area contributed by atoms with E-state index in [2.05, 4.69) is 43.1 Å². The van der Waals surface area contributed by atoms with Crippen LogP contribution < -0.4 is 10.2 Å². The summed E-state index contributed by atoms with van der Waals surface area (Å²) in [5.41, 5.74) is 4.76. The van der Waals surface area contributed by atoms with E-state index in [1.165, 1.54) is 23.8 Å². The average Bonchev–Trinajstić information content (AvgIpc) is 2.81. The van der Waals surface area contributed by atoms with Gasteiger partial charge in [0.2, 0.25) is 0 Å². The van der Waals surface area contributed by atoms with E-state index in [-0.39, 0.29) is 17.0 Å². The van der Waals surface area contributed by atoms with Crippen LogP contribution in [0, 0.1) is 19.7 Å². The third-order valence-electron chi connectivity index (χ3n) is 6.04. The Morgan fingerprint density at radius 1 is 1.03 bits per heavy atom. The van der Waals surface area contributed by atoms with Crippen LogP contribution in [0.25, 0.3) is 11.4 Å². The third-order valence-corrected chi connectivity index (χ3v) is 6.33. The lowest BCUT2D eigenvalue weighted by Crippen LogP contribution is -2.50. The van der Waals surface area contributed by atoms with Crippen molar-refractivity contribution >= 4 is 29.1 Å². The van der Waals surface area contributed by atoms with Gasteiger partial charge in [-0.3, -0.25) is 0 Å². The molecule has 0 atom stereocenters. The molecule has 0 unspecified atom stereocenters. The monoisotopic (exact) mass is 481 g/mol. The number of carbonyl (C=O) groups excluding carboxylic acids is 1. The maximum Gasteiger partial charge on any atom is 0.321 e. The smallest absolute Gasteiger partial charge is 0.321 e. The molecular weight excluding hydrogens is 453 g/mol. The van der Waals surface area contributed by atoms with E-state index in [1.54, 1.807) is 4.90 Å². The molecule has 8 heteroatoms. The minimum Gasteiger partial charge on any atom is -0.353 e. The van der Waals surface area contributed by atoms with Gasteiger partial charge in [-0.2, -0.15) is 0 Å². The summed E-state index contributed by atoms with van der Waals surface area (Å²) in [6, 6.07) is 12.2. The molecule has 0 bridgehead atoms. The van der Waals surface area contributed by atoms with Crippen LogP contribution in [0.15, 0.2) is 42.5 Å². The number of aromatic nitrogens is 2. The highest BCUT2D eigenvalue weighted by atomic mass is 35.5. The van der Waals surface area contributed by atoms with E-state index in [0.29, 0.717) is 37.7 Å². The predicted molar refractivity (Wildman–Crippen MR) is 135 cm³/mol. The fraction of sp³-hybridized carbons (Fsp3) is 0.346. The summed E-state index contributed by atoms with van der Waals surface area (Å²) < 4.78 is 13.4. The van der Waals surface area contributed by atoms with E-state index >= 15 is 0 Å². The normalized spacial score (nSPS) is 14.0. The number of rotatable bonds is 4. The molecule has 1 saturated heterocycles. The Morgan fingerprint density at radius 2 is 1.71 bits per heavy atom. The lowest BCUT2D eigenvalue weighted by atomic mass is 10.0. The molecule has 0 spiro atoms. The Bertz CT molecular complexity index is 1190. The van der Waals surface area contributed by atoms with E-state index < -0.39 is 5.82 Å². The first-order chi connectivity index (χ1) is 16.2. The van der Waals surface area contributed by atoms with Crippen molar-refractivity contribution in [3.63, 3.8) is 0 Å². The molecule has 2 aromatic carbocycles. The minimum absolute atomic E-state index is 0.0210. The van der Waals surface area contributed by atoms with Gasteiger partial charge in [-0.25, -0.2) is 19.2 Å². The molecule has 6 nitrogen and oxygen atoms in total. The van der Waals surface area contributed by atoms with Crippen molar-refractivity contribution in [1.82, 2.24) is 14.9 Å². The molecule has 3 aromatic rings. The maximum absolute atomic E-state index is 13.4. The second kappa shape index (κ2) is 9.97. The Kier molecular flexibility index (Phi) is 7.03. The molecule has 1 aliphatic rings. The van der Waals surface area contributed by atoms with E-state index in [9.17, 15) is 9.18 Å². The van der Waals surface area contributed by atoms with Crippen molar-refractivity contribution in [2.24, 2.45) is 0 Å². The first-order valence-electron chi connectivity index (χ1n) is 11.4. The summed E-state index contributed by atoms with van der Waals surface area (Å²) in [4.78, 5) is 26.5. The summed E-state index contributed by atoms with van der Waals surface area (Å²) >= 11 is 5.83. The summed E-state index contributed by atoms with van der Waals surface area (Å²) in [5, 5.41) is 2.78. The number of halogens is 2. The van der Waals surface area contributed by atoms with Crippen LogP contribution in [0.4, 0.5) is 20.7 Å². The number of nitrogens with zero attached hydrogens (tertiary/aromatic N) is 4. The lowest BCUT2D eigenvalue weighted by molar-refractivity contribution is 0.208. The molecule has 178 valence electrons. The zero-order chi connectivity index (χ0) is 24.4. The number of piperazine rings is 1. The van der Waals surface area contributed by atoms with Gasteiger partial charge in [0.25, 0.3) is 0 Å². The first kappa shape index (κ1) is 24.0. The van der Waals surface area contributed by atoms with Gasteiger partial charge in [0.05, 0.1) is 5.02 Å². The van der Waals surface area contributed by atoms with Crippen LogP contribution in [0.2, 0.25) is 5.02 Å². The quantitative estimate of drug-likeness (QED) is 0.494. The number of carbonyl (C=O) groups is 1. The molecule has 34 heavy (non-hydrogen) atoms. The van der Waals surface area contributed by atoms with Crippen LogP contribution in [0.1, 0.15) is 36.6 Å². The molecule has 0 aliphatic carbocycles. The van der Waals surface area contributed by atoms with Gasteiger partial charge in [-0.05, 0) is 38.0 Å². The summed E-state index contributed by atoms with van der Waals surface area (Å²) in [6.45, 7) is 10.8. The van der Waals surface area contributed by atoms with Gasteiger partial charge in [0.15, 0.2) is 5.82 Å². The highest BCUT2D eigenvalue weighted by Crippen LogP contribution is 2.31. The number of aryl methyl sites for hydroxylation is 2. The summed E-state index contributed by atoms with van der Waals surface area (Å²) in [6.07, 6.45) is 0. The predicted octanol–water partition coefficient (Wildman–Crippen LogP) is 6.03. The Morgan fingerprint density at radius 3 is 2.32 bits per heavy atom. The van der Waals surface area contributed by atoms with Gasteiger partial charge in [0.1, 0.15) is 11.6 Å². The third kappa shape index (κ3) is 5.14. The molecule has 1 fully saturated rings. The maximum atomic E-state index is 13.4. The van der Waals surface area contributed by atoms with Gasteiger partial charge in [-0.1, -0.05) is 55.3 Å².